The molecule has 0 N–H and O–H groups in total. The van der Waals surface area contributed by atoms with Crippen LogP contribution in [-0.2, 0) is 18.6 Å². The molecule has 0 unspecified atom stereocenters. The molecule has 0 aliphatic carbocycles. The molecule has 15 heteroatoms. The van der Waals surface area contributed by atoms with E-state index in [0.717, 1.165) is 37.3 Å². The van der Waals surface area contributed by atoms with Gasteiger partial charge in [-0.15, -0.1) is 0 Å². The van der Waals surface area contributed by atoms with Gasteiger partial charge >= 0.3 is 12.2 Å². The number of alkyl halides is 4. The fourth-order valence-electron chi connectivity index (χ4n) is 6.16. The molecular weight excluding hydrogens is 795 g/mol. The van der Waals surface area contributed by atoms with Crippen LogP contribution in [-0.4, -0.2) is 0 Å². The molecule has 0 heterocycles. The monoisotopic (exact) mass is 822 g/mol. The number of halogens is 13. The summed E-state index contributed by atoms with van der Waals surface area (Å²) in [6.45, 7) is 2.05. The Morgan fingerprint density at radius 2 is 0.810 bits per heavy atom. The Morgan fingerprint density at radius 3 is 1.21 bits per heavy atom. The van der Waals surface area contributed by atoms with Gasteiger partial charge in [0.25, 0.3) is 0 Å². The van der Waals surface area contributed by atoms with E-state index in [-0.39, 0.29) is 17.7 Å². The number of hydrogen-bond acceptors (Lipinski definition) is 2. The zero-order valence-electron chi connectivity index (χ0n) is 29.8. The predicted molar refractivity (Wildman–Crippen MR) is 188 cm³/mol. The molecule has 0 radical (unpaired) electrons. The second-order valence-electron chi connectivity index (χ2n) is 13.1. The van der Waals surface area contributed by atoms with Crippen molar-refractivity contribution < 1.29 is 66.5 Å². The first-order valence-corrected chi connectivity index (χ1v) is 17.3. The largest absolute Gasteiger partial charge is 0.432 e. The number of rotatable bonds is 13. The van der Waals surface area contributed by atoms with E-state index in [0.29, 0.717) is 60.2 Å². The normalized spacial score (nSPS) is 11.9. The Balaban J connectivity index is 1.18. The third kappa shape index (κ3) is 8.77. The van der Waals surface area contributed by atoms with Gasteiger partial charge < -0.3 is 9.47 Å². The lowest BCUT2D eigenvalue weighted by Crippen LogP contribution is -2.25. The van der Waals surface area contributed by atoms with Crippen LogP contribution in [0.3, 0.4) is 0 Å². The highest BCUT2D eigenvalue weighted by Gasteiger charge is 2.43. The molecule has 0 spiro atoms. The van der Waals surface area contributed by atoms with Crippen molar-refractivity contribution in [3.05, 3.63) is 166 Å². The molecule has 0 aliphatic rings. The van der Waals surface area contributed by atoms with Crippen LogP contribution >= 0.6 is 0 Å². The summed E-state index contributed by atoms with van der Waals surface area (Å²) in [6, 6.07) is 12.8. The van der Waals surface area contributed by atoms with Gasteiger partial charge in [0.05, 0.1) is 0 Å². The number of hydrogen-bond donors (Lipinski definition) is 0. The van der Waals surface area contributed by atoms with E-state index in [1.165, 1.54) is 0 Å². The van der Waals surface area contributed by atoms with Crippen LogP contribution in [0.15, 0.2) is 97.1 Å². The fourth-order valence-corrected chi connectivity index (χ4v) is 6.16. The molecule has 0 amide bonds. The Morgan fingerprint density at radius 1 is 0.414 bits per heavy atom. The molecule has 302 valence electrons. The lowest BCUT2D eigenvalue weighted by Gasteiger charge is -2.21. The number of benzene rings is 6. The van der Waals surface area contributed by atoms with Crippen LogP contribution in [0, 0.1) is 52.4 Å². The first kappa shape index (κ1) is 41.6. The second kappa shape index (κ2) is 16.5. The van der Waals surface area contributed by atoms with Crippen molar-refractivity contribution in [1.82, 2.24) is 0 Å². The van der Waals surface area contributed by atoms with Gasteiger partial charge in [0.2, 0.25) is 0 Å². The van der Waals surface area contributed by atoms with Crippen LogP contribution < -0.4 is 9.47 Å². The van der Waals surface area contributed by atoms with E-state index < -0.39 is 109 Å². The lowest BCUT2D eigenvalue weighted by atomic mass is 9.99. The van der Waals surface area contributed by atoms with Crippen LogP contribution in [0.1, 0.15) is 42.9 Å². The first-order valence-electron chi connectivity index (χ1n) is 17.3. The first-order chi connectivity index (χ1) is 27.4. The highest BCUT2D eigenvalue weighted by atomic mass is 19.3. The highest BCUT2D eigenvalue weighted by Crippen LogP contribution is 2.41. The van der Waals surface area contributed by atoms with Gasteiger partial charge in [0.15, 0.2) is 17.5 Å². The topological polar surface area (TPSA) is 18.5 Å². The summed E-state index contributed by atoms with van der Waals surface area (Å²) in [5.74, 6) is -17.3. The number of ether oxygens (including phenoxy) is 2. The summed E-state index contributed by atoms with van der Waals surface area (Å²) in [6.07, 6.45) is -5.77. The summed E-state index contributed by atoms with van der Waals surface area (Å²) >= 11 is 0. The third-order valence-corrected chi connectivity index (χ3v) is 9.00. The van der Waals surface area contributed by atoms with E-state index in [1.807, 2.05) is 0 Å². The lowest BCUT2D eigenvalue weighted by molar-refractivity contribution is -0.190. The minimum Gasteiger partial charge on any atom is -0.429 e. The summed E-state index contributed by atoms with van der Waals surface area (Å²) < 4.78 is 200. The van der Waals surface area contributed by atoms with Gasteiger partial charge in [0, 0.05) is 23.3 Å². The van der Waals surface area contributed by atoms with Crippen LogP contribution in [0.5, 0.6) is 11.5 Å². The Kier molecular flexibility index (Phi) is 11.8. The Bertz CT molecular complexity index is 2410. The van der Waals surface area contributed by atoms with Crippen molar-refractivity contribution in [2.45, 2.75) is 44.8 Å². The quantitative estimate of drug-likeness (QED) is 0.0656. The molecule has 6 aromatic carbocycles. The number of unbranched alkanes of at least 4 members (excludes halogenated alkanes) is 2. The third-order valence-electron chi connectivity index (χ3n) is 9.00. The zero-order chi connectivity index (χ0) is 42.1. The highest BCUT2D eigenvalue weighted by molar-refractivity contribution is 5.67. The van der Waals surface area contributed by atoms with Crippen molar-refractivity contribution in [2.75, 3.05) is 0 Å². The maximum absolute atomic E-state index is 15.2. The van der Waals surface area contributed by atoms with Crippen molar-refractivity contribution in [3.8, 4) is 44.9 Å². The summed E-state index contributed by atoms with van der Waals surface area (Å²) in [5, 5.41) is 0. The van der Waals surface area contributed by atoms with E-state index in [1.54, 1.807) is 24.3 Å². The molecule has 6 aromatic rings. The van der Waals surface area contributed by atoms with Gasteiger partial charge in [-0.25, -0.2) is 39.5 Å². The van der Waals surface area contributed by atoms with Gasteiger partial charge in [-0.05, 0) is 101 Å². The molecule has 0 aliphatic heterocycles. The number of aryl methyl sites for hydroxylation is 1. The molecule has 0 fully saturated rings. The predicted octanol–water partition coefficient (Wildman–Crippen LogP) is 13.9. The molecule has 0 atom stereocenters. The van der Waals surface area contributed by atoms with Gasteiger partial charge in [-0.2, -0.15) is 17.6 Å². The van der Waals surface area contributed by atoms with Crippen molar-refractivity contribution in [3.63, 3.8) is 0 Å². The average molecular weight is 823 g/mol. The molecular formula is C43H27F13O2. The SMILES string of the molecule is CCCCCc1ccc(-c2cc(F)c(C(F)(F)Oc3ccc(-c4cc(F)c(C(F)(F)Oc5ccc(-c6cc(F)c(F)c(F)c6)c(F)c5)c(F)c4)c(F)c3)c(F)c2)cc1. The maximum Gasteiger partial charge on any atom is 0.432 e. The van der Waals surface area contributed by atoms with Crippen molar-refractivity contribution >= 4 is 0 Å². The molecule has 0 saturated heterocycles. The van der Waals surface area contributed by atoms with Gasteiger partial charge in [0.1, 0.15) is 57.5 Å². The zero-order valence-corrected chi connectivity index (χ0v) is 29.8. The smallest absolute Gasteiger partial charge is 0.429 e. The Labute approximate surface area is 322 Å². The minimum absolute atomic E-state index is 0.0384. The molecule has 0 saturated carbocycles. The van der Waals surface area contributed by atoms with Gasteiger partial charge in [-0.3, -0.25) is 0 Å². The fraction of sp³-hybridized carbons (Fsp3) is 0.163. The molecule has 6 rings (SSSR count). The molecule has 58 heavy (non-hydrogen) atoms. The minimum atomic E-state index is -4.85. The van der Waals surface area contributed by atoms with E-state index in [2.05, 4.69) is 16.4 Å². The standard InChI is InChI=1S/C43H27F13O2/c1-2-3-4-5-22-6-8-23(9-7-22)24-14-33(46)39(34(47)15-24)42(53,54)57-27-10-12-29(31(44)20-27)25-16-35(48)40(36(49)17-25)43(55,56)58-28-11-13-30(32(45)21-28)26-18-37(50)41(52)38(51)19-26/h6-21H,2-5H2,1H3. The summed E-state index contributed by atoms with van der Waals surface area (Å²) in [4.78, 5) is 0. The van der Waals surface area contributed by atoms with E-state index in [4.69, 9.17) is 0 Å². The van der Waals surface area contributed by atoms with Crippen LogP contribution in [0.4, 0.5) is 57.1 Å². The summed E-state index contributed by atoms with van der Waals surface area (Å²) in [5.41, 5.74) is -4.97. The van der Waals surface area contributed by atoms with E-state index >= 15 is 39.5 Å². The van der Waals surface area contributed by atoms with Gasteiger partial charge in [-0.1, -0.05) is 44.0 Å². The van der Waals surface area contributed by atoms with Crippen molar-refractivity contribution in [2.24, 2.45) is 0 Å². The molecule has 2 nitrogen and oxygen atoms in total. The average Bonchev–Trinajstić information content (AvgIpc) is 3.13. The summed E-state index contributed by atoms with van der Waals surface area (Å²) in [7, 11) is 0. The van der Waals surface area contributed by atoms with E-state index in [9.17, 15) is 17.6 Å². The van der Waals surface area contributed by atoms with Crippen molar-refractivity contribution in [1.29, 1.82) is 0 Å². The molecule has 0 aromatic heterocycles. The van der Waals surface area contributed by atoms with Crippen LogP contribution in [0.2, 0.25) is 0 Å². The molecule has 0 bridgehead atoms. The Hall–Kier alpha value is -5.99. The second-order valence-corrected chi connectivity index (χ2v) is 13.1. The van der Waals surface area contributed by atoms with Crippen LogP contribution in [0.25, 0.3) is 33.4 Å². The maximum atomic E-state index is 15.2.